The van der Waals surface area contributed by atoms with Gasteiger partial charge in [-0.2, -0.15) is 0 Å². The van der Waals surface area contributed by atoms with E-state index in [1.807, 2.05) is 43.3 Å². The number of aliphatic hydroxyl groups is 1. The van der Waals surface area contributed by atoms with Crippen LogP contribution in [0.25, 0.3) is 10.9 Å². The Morgan fingerprint density at radius 3 is 2.71 bits per heavy atom. The molecule has 1 N–H and O–H groups in total. The normalized spacial score (nSPS) is 10.8. The first-order chi connectivity index (χ1) is 10.2. The smallest absolute Gasteiger partial charge is 0.225 e. The van der Waals surface area contributed by atoms with Crippen LogP contribution >= 0.6 is 11.6 Å². The highest BCUT2D eigenvalue weighted by Gasteiger charge is 2.09. The van der Waals surface area contributed by atoms with Crippen LogP contribution in [0.15, 0.2) is 48.5 Å². The summed E-state index contributed by atoms with van der Waals surface area (Å²) in [4.78, 5) is 4.48. The third-order valence-electron chi connectivity index (χ3n) is 3.28. The number of hydrogen-bond donors (Lipinski definition) is 1. The predicted octanol–water partition coefficient (Wildman–Crippen LogP) is 4.48. The Hall–Kier alpha value is -2.10. The maximum Gasteiger partial charge on any atom is 0.225 e. The van der Waals surface area contributed by atoms with Crippen LogP contribution in [0.2, 0.25) is 5.02 Å². The minimum absolute atomic E-state index is 0.125. The maximum absolute atomic E-state index is 9.51. The van der Waals surface area contributed by atoms with Crippen LogP contribution < -0.4 is 4.74 Å². The molecule has 0 atom stereocenters. The van der Waals surface area contributed by atoms with Crippen molar-refractivity contribution < 1.29 is 9.84 Å². The number of aromatic nitrogens is 1. The number of benzene rings is 2. The Labute approximate surface area is 127 Å². The van der Waals surface area contributed by atoms with Crippen LogP contribution in [0.1, 0.15) is 11.1 Å². The lowest BCUT2D eigenvalue weighted by molar-refractivity contribution is 0.275. The van der Waals surface area contributed by atoms with Gasteiger partial charge in [0, 0.05) is 16.0 Å². The summed E-state index contributed by atoms with van der Waals surface area (Å²) in [5, 5.41) is 11.2. The molecule has 0 radical (unpaired) electrons. The Kier molecular flexibility index (Phi) is 3.78. The minimum Gasteiger partial charge on any atom is -0.439 e. The molecule has 3 aromatic rings. The van der Waals surface area contributed by atoms with Crippen LogP contribution in [0, 0.1) is 6.92 Å². The average molecular weight is 300 g/mol. The Balaban J connectivity index is 2.04. The van der Waals surface area contributed by atoms with Gasteiger partial charge in [0.15, 0.2) is 0 Å². The molecule has 1 heterocycles. The molecule has 0 aliphatic carbocycles. The highest BCUT2D eigenvalue weighted by Crippen LogP contribution is 2.29. The van der Waals surface area contributed by atoms with Gasteiger partial charge in [0.25, 0.3) is 0 Å². The molecule has 3 rings (SSSR count). The lowest BCUT2D eigenvalue weighted by atomic mass is 10.1. The fourth-order valence-electron chi connectivity index (χ4n) is 2.14. The van der Waals surface area contributed by atoms with Gasteiger partial charge in [0.2, 0.25) is 5.88 Å². The SMILES string of the molecule is Cc1cc(Oc2nc3ccccc3cc2CO)ccc1Cl. The molecule has 0 fully saturated rings. The first-order valence-corrected chi connectivity index (χ1v) is 6.98. The van der Waals surface area contributed by atoms with E-state index in [9.17, 15) is 5.11 Å². The summed E-state index contributed by atoms with van der Waals surface area (Å²) in [6.45, 7) is 1.79. The topological polar surface area (TPSA) is 42.4 Å². The molecule has 0 unspecified atom stereocenters. The molecule has 0 aliphatic heterocycles. The highest BCUT2D eigenvalue weighted by molar-refractivity contribution is 6.31. The van der Waals surface area contributed by atoms with Crippen LogP contribution in [0.5, 0.6) is 11.6 Å². The van der Waals surface area contributed by atoms with Gasteiger partial charge in [0.05, 0.1) is 12.1 Å². The number of ether oxygens (including phenoxy) is 1. The summed E-state index contributed by atoms with van der Waals surface area (Å²) >= 11 is 6.01. The molecule has 3 nitrogen and oxygen atoms in total. The number of fused-ring (bicyclic) bond motifs is 1. The number of aryl methyl sites for hydroxylation is 1. The van der Waals surface area contributed by atoms with Crippen LogP contribution in [-0.2, 0) is 6.61 Å². The predicted molar refractivity (Wildman–Crippen MR) is 83.9 cm³/mol. The molecule has 0 saturated carbocycles. The third-order valence-corrected chi connectivity index (χ3v) is 3.70. The molecular formula is C17H14ClNO2. The zero-order valence-corrected chi connectivity index (χ0v) is 12.3. The average Bonchev–Trinajstić information content (AvgIpc) is 2.50. The summed E-state index contributed by atoms with van der Waals surface area (Å²) in [6.07, 6.45) is 0. The van der Waals surface area contributed by atoms with E-state index in [0.717, 1.165) is 16.5 Å². The van der Waals surface area contributed by atoms with Crippen molar-refractivity contribution in [2.24, 2.45) is 0 Å². The van der Waals surface area contributed by atoms with Gasteiger partial charge in [-0.15, -0.1) is 0 Å². The van der Waals surface area contributed by atoms with Crippen molar-refractivity contribution in [3.8, 4) is 11.6 Å². The van der Waals surface area contributed by atoms with Crippen molar-refractivity contribution in [1.82, 2.24) is 4.98 Å². The molecule has 0 saturated heterocycles. The number of rotatable bonds is 3. The number of aliphatic hydroxyl groups excluding tert-OH is 1. The summed E-state index contributed by atoms with van der Waals surface area (Å²) in [7, 11) is 0. The monoisotopic (exact) mass is 299 g/mol. The lowest BCUT2D eigenvalue weighted by Gasteiger charge is -2.11. The van der Waals surface area contributed by atoms with Gasteiger partial charge in [0.1, 0.15) is 5.75 Å². The van der Waals surface area contributed by atoms with E-state index in [-0.39, 0.29) is 6.61 Å². The fraction of sp³-hybridized carbons (Fsp3) is 0.118. The van der Waals surface area contributed by atoms with Gasteiger partial charge in [-0.3, -0.25) is 0 Å². The second-order valence-electron chi connectivity index (χ2n) is 4.82. The van der Waals surface area contributed by atoms with Crippen LogP contribution in [0.3, 0.4) is 0 Å². The quantitative estimate of drug-likeness (QED) is 0.775. The summed E-state index contributed by atoms with van der Waals surface area (Å²) < 4.78 is 5.81. The molecule has 0 aliphatic rings. The van der Waals surface area contributed by atoms with Gasteiger partial charge in [-0.25, -0.2) is 4.98 Å². The molecule has 0 bridgehead atoms. The van der Waals surface area contributed by atoms with Gasteiger partial charge in [-0.05, 0) is 42.8 Å². The molecule has 4 heteroatoms. The summed E-state index contributed by atoms with van der Waals surface area (Å²) in [5.74, 6) is 1.06. The molecule has 0 spiro atoms. The maximum atomic E-state index is 9.51. The zero-order valence-electron chi connectivity index (χ0n) is 11.5. The number of nitrogens with zero attached hydrogens (tertiary/aromatic N) is 1. The van der Waals surface area contributed by atoms with E-state index < -0.39 is 0 Å². The standard InChI is InChI=1S/C17H14ClNO2/c1-11-8-14(6-7-15(11)18)21-17-13(10-20)9-12-4-2-3-5-16(12)19-17/h2-9,20H,10H2,1H3. The van der Waals surface area contributed by atoms with Gasteiger partial charge in [-0.1, -0.05) is 29.8 Å². The van der Waals surface area contributed by atoms with Gasteiger partial charge >= 0.3 is 0 Å². The summed E-state index contributed by atoms with van der Waals surface area (Å²) in [6, 6.07) is 15.0. The Bertz CT molecular complexity index is 802. The van der Waals surface area contributed by atoms with Crippen LogP contribution in [0.4, 0.5) is 0 Å². The first-order valence-electron chi connectivity index (χ1n) is 6.61. The molecular weight excluding hydrogens is 286 g/mol. The molecule has 2 aromatic carbocycles. The first kappa shape index (κ1) is 13.9. The molecule has 0 amide bonds. The van der Waals surface area contributed by atoms with Crippen molar-refractivity contribution in [1.29, 1.82) is 0 Å². The second-order valence-corrected chi connectivity index (χ2v) is 5.22. The van der Waals surface area contributed by atoms with Gasteiger partial charge < -0.3 is 9.84 Å². The van der Waals surface area contributed by atoms with Crippen molar-refractivity contribution in [2.75, 3.05) is 0 Å². The second kappa shape index (κ2) is 5.72. The largest absolute Gasteiger partial charge is 0.439 e. The summed E-state index contributed by atoms with van der Waals surface area (Å²) in [5.41, 5.74) is 2.41. The van der Waals surface area contributed by atoms with E-state index >= 15 is 0 Å². The van der Waals surface area contributed by atoms with E-state index in [1.54, 1.807) is 12.1 Å². The highest BCUT2D eigenvalue weighted by atomic mass is 35.5. The van der Waals surface area contributed by atoms with E-state index in [0.29, 0.717) is 22.2 Å². The van der Waals surface area contributed by atoms with Crippen molar-refractivity contribution in [3.05, 3.63) is 64.7 Å². The molecule has 106 valence electrons. The molecule has 1 aromatic heterocycles. The van der Waals surface area contributed by atoms with E-state index in [4.69, 9.17) is 16.3 Å². The Morgan fingerprint density at radius 2 is 1.95 bits per heavy atom. The molecule has 21 heavy (non-hydrogen) atoms. The number of para-hydroxylation sites is 1. The Morgan fingerprint density at radius 1 is 1.14 bits per heavy atom. The fourth-order valence-corrected chi connectivity index (χ4v) is 2.25. The number of pyridine rings is 1. The number of hydrogen-bond acceptors (Lipinski definition) is 3. The van der Waals surface area contributed by atoms with Crippen molar-refractivity contribution in [3.63, 3.8) is 0 Å². The zero-order chi connectivity index (χ0) is 14.8. The minimum atomic E-state index is -0.125. The van der Waals surface area contributed by atoms with Crippen molar-refractivity contribution in [2.45, 2.75) is 13.5 Å². The van der Waals surface area contributed by atoms with E-state index in [1.165, 1.54) is 0 Å². The lowest BCUT2D eigenvalue weighted by Crippen LogP contribution is -1.96. The van der Waals surface area contributed by atoms with E-state index in [2.05, 4.69) is 4.98 Å². The number of halogens is 1. The van der Waals surface area contributed by atoms with Crippen molar-refractivity contribution >= 4 is 22.5 Å². The third kappa shape index (κ3) is 2.84. The van der Waals surface area contributed by atoms with Crippen LogP contribution in [-0.4, -0.2) is 10.1 Å².